The molecule has 43 heavy (non-hydrogen) atoms. The van der Waals surface area contributed by atoms with E-state index in [-0.39, 0.29) is 5.56 Å². The summed E-state index contributed by atoms with van der Waals surface area (Å²) in [5.74, 6) is 0.204. The average molecular weight is 577 g/mol. The number of aryl methyl sites for hydroxylation is 2. The Balaban J connectivity index is 1.57. The molecule has 1 amide bonds. The summed E-state index contributed by atoms with van der Waals surface area (Å²) in [6, 6.07) is 27.2. The fraction of sp³-hybridized carbons (Fsp3) is 0.171. The highest BCUT2D eigenvalue weighted by Crippen LogP contribution is 2.41. The molecule has 1 unspecified atom stereocenters. The number of rotatable bonds is 9. The molecule has 4 aromatic carbocycles. The number of ether oxygens (including phenoxy) is 4. The van der Waals surface area contributed by atoms with Crippen molar-refractivity contribution in [2.45, 2.75) is 20.0 Å². The Morgan fingerprint density at radius 1 is 0.767 bits per heavy atom. The summed E-state index contributed by atoms with van der Waals surface area (Å²) in [5, 5.41) is 3.54. The van der Waals surface area contributed by atoms with Crippen LogP contribution < -0.4 is 19.5 Å². The lowest BCUT2D eigenvalue weighted by Gasteiger charge is -2.20. The maximum atomic E-state index is 14.0. The van der Waals surface area contributed by atoms with E-state index < -0.39 is 18.0 Å². The number of aromatic nitrogens is 1. The van der Waals surface area contributed by atoms with Crippen molar-refractivity contribution < 1.29 is 28.5 Å². The molecule has 1 atom stereocenters. The normalized spacial score (nSPS) is 11.5. The predicted molar refractivity (Wildman–Crippen MR) is 166 cm³/mol. The van der Waals surface area contributed by atoms with Crippen molar-refractivity contribution in [3.8, 4) is 28.5 Å². The van der Waals surface area contributed by atoms with E-state index in [1.165, 1.54) is 21.3 Å². The van der Waals surface area contributed by atoms with Crippen molar-refractivity contribution in [1.29, 1.82) is 0 Å². The van der Waals surface area contributed by atoms with Crippen LogP contribution in [0.5, 0.6) is 17.2 Å². The van der Waals surface area contributed by atoms with Crippen molar-refractivity contribution in [3.63, 3.8) is 0 Å². The molecule has 0 aliphatic heterocycles. The fourth-order valence-corrected chi connectivity index (χ4v) is 4.86. The first-order chi connectivity index (χ1) is 20.8. The smallest absolute Gasteiger partial charge is 0.340 e. The zero-order valence-corrected chi connectivity index (χ0v) is 24.6. The van der Waals surface area contributed by atoms with Crippen molar-refractivity contribution in [2.24, 2.45) is 0 Å². The van der Waals surface area contributed by atoms with Gasteiger partial charge >= 0.3 is 5.97 Å². The number of nitrogens with zero attached hydrogens (tertiary/aromatic N) is 1. The number of esters is 1. The molecular weight excluding hydrogens is 544 g/mol. The Morgan fingerprint density at radius 3 is 2.12 bits per heavy atom. The molecule has 8 heteroatoms. The summed E-state index contributed by atoms with van der Waals surface area (Å²) in [6.45, 7) is 3.86. The van der Waals surface area contributed by atoms with Crippen molar-refractivity contribution in [1.82, 2.24) is 4.98 Å². The maximum Gasteiger partial charge on any atom is 0.340 e. The number of para-hydroxylation sites is 1. The second-order valence-corrected chi connectivity index (χ2v) is 9.99. The molecule has 218 valence electrons. The Hall–Kier alpha value is -5.37. The molecule has 1 aromatic heterocycles. The summed E-state index contributed by atoms with van der Waals surface area (Å²) in [6.07, 6.45) is -1.20. The molecular formula is C35H32N2O6. The van der Waals surface area contributed by atoms with Crippen LogP contribution in [0.2, 0.25) is 0 Å². The van der Waals surface area contributed by atoms with Gasteiger partial charge in [0.25, 0.3) is 5.91 Å². The maximum absolute atomic E-state index is 14.0. The van der Waals surface area contributed by atoms with Gasteiger partial charge in [0, 0.05) is 22.2 Å². The van der Waals surface area contributed by atoms with Crippen LogP contribution in [0.4, 0.5) is 5.69 Å². The van der Waals surface area contributed by atoms with Crippen LogP contribution in [0.3, 0.4) is 0 Å². The zero-order chi connectivity index (χ0) is 30.5. The molecule has 1 heterocycles. The minimum Gasteiger partial charge on any atom is -0.493 e. The molecule has 0 fully saturated rings. The second-order valence-electron chi connectivity index (χ2n) is 9.99. The number of anilines is 1. The minimum absolute atomic E-state index is 0.259. The lowest BCUT2D eigenvalue weighted by molar-refractivity contribution is -0.125. The number of amides is 1. The average Bonchev–Trinajstić information content (AvgIpc) is 3.04. The van der Waals surface area contributed by atoms with E-state index in [0.29, 0.717) is 50.7 Å². The van der Waals surface area contributed by atoms with Gasteiger partial charge in [-0.3, -0.25) is 4.79 Å². The van der Waals surface area contributed by atoms with Gasteiger partial charge in [-0.1, -0.05) is 60.7 Å². The number of carbonyl (C=O) groups is 2. The summed E-state index contributed by atoms with van der Waals surface area (Å²) >= 11 is 0. The lowest BCUT2D eigenvalue weighted by Crippen LogP contribution is -2.26. The van der Waals surface area contributed by atoms with E-state index in [4.69, 9.17) is 23.9 Å². The molecule has 0 radical (unpaired) electrons. The van der Waals surface area contributed by atoms with E-state index >= 15 is 0 Å². The second kappa shape index (κ2) is 12.7. The van der Waals surface area contributed by atoms with Crippen molar-refractivity contribution in [2.75, 3.05) is 26.6 Å². The van der Waals surface area contributed by atoms with Crippen LogP contribution in [0, 0.1) is 13.8 Å². The van der Waals surface area contributed by atoms with Crippen LogP contribution in [-0.2, 0) is 9.53 Å². The summed E-state index contributed by atoms with van der Waals surface area (Å²) in [7, 11) is 4.59. The third-order valence-electron chi connectivity index (χ3n) is 7.11. The molecule has 0 saturated heterocycles. The first kappa shape index (κ1) is 29.1. The van der Waals surface area contributed by atoms with Gasteiger partial charge in [-0.2, -0.15) is 0 Å². The molecule has 0 saturated carbocycles. The predicted octanol–water partition coefficient (Wildman–Crippen LogP) is 7.08. The first-order valence-electron chi connectivity index (χ1n) is 13.7. The standard InChI is InChI=1S/C35H32N2O6/c1-21-15-16-22(2)28(17-21)37-34(38)32(23-11-7-6-8-12-23)43-35(39)26-20-29(36-27-14-10-9-13-25(26)27)24-18-30(40-3)33(42-5)31(19-24)41-4/h6-20,32H,1-5H3,(H,37,38). The number of methoxy groups -OCH3 is 3. The highest BCUT2D eigenvalue weighted by Gasteiger charge is 2.28. The van der Waals surface area contributed by atoms with Gasteiger partial charge in [-0.05, 0) is 55.3 Å². The molecule has 5 aromatic rings. The number of hydrogen-bond donors (Lipinski definition) is 1. The number of hydrogen-bond acceptors (Lipinski definition) is 7. The molecule has 0 aliphatic rings. The van der Waals surface area contributed by atoms with Gasteiger partial charge in [0.05, 0.1) is 38.1 Å². The van der Waals surface area contributed by atoms with E-state index in [0.717, 1.165) is 11.1 Å². The highest BCUT2D eigenvalue weighted by molar-refractivity contribution is 6.06. The highest BCUT2D eigenvalue weighted by atomic mass is 16.5. The summed E-state index contributed by atoms with van der Waals surface area (Å²) in [4.78, 5) is 32.4. The van der Waals surface area contributed by atoms with E-state index in [1.807, 2.05) is 56.3 Å². The molecule has 8 nitrogen and oxygen atoms in total. The van der Waals surface area contributed by atoms with Crippen molar-refractivity contribution >= 4 is 28.5 Å². The van der Waals surface area contributed by atoms with Crippen LogP contribution in [-0.4, -0.2) is 38.2 Å². The van der Waals surface area contributed by atoms with Gasteiger partial charge in [0.15, 0.2) is 11.5 Å². The molecule has 1 N–H and O–H groups in total. The Kier molecular flexibility index (Phi) is 8.57. The Morgan fingerprint density at radius 2 is 1.44 bits per heavy atom. The van der Waals surface area contributed by atoms with Gasteiger partial charge in [0.2, 0.25) is 11.9 Å². The van der Waals surface area contributed by atoms with E-state index in [2.05, 4.69) is 5.32 Å². The van der Waals surface area contributed by atoms with E-state index in [1.54, 1.807) is 48.5 Å². The summed E-state index contributed by atoms with van der Waals surface area (Å²) < 4.78 is 22.5. The van der Waals surface area contributed by atoms with Gasteiger partial charge in [-0.25, -0.2) is 9.78 Å². The molecule has 5 rings (SSSR count). The Bertz CT molecular complexity index is 1780. The number of carbonyl (C=O) groups excluding carboxylic acids is 2. The largest absolute Gasteiger partial charge is 0.493 e. The third kappa shape index (κ3) is 6.13. The minimum atomic E-state index is -1.20. The Labute approximate surface area is 250 Å². The molecule has 0 bridgehead atoms. The van der Waals surface area contributed by atoms with Gasteiger partial charge < -0.3 is 24.3 Å². The molecule has 0 aliphatic carbocycles. The number of benzene rings is 4. The van der Waals surface area contributed by atoms with Gasteiger partial charge in [0.1, 0.15) is 0 Å². The zero-order valence-electron chi connectivity index (χ0n) is 24.6. The summed E-state index contributed by atoms with van der Waals surface area (Å²) in [5.41, 5.74) is 5.06. The van der Waals surface area contributed by atoms with Crippen molar-refractivity contribution in [3.05, 3.63) is 113 Å². The first-order valence-corrected chi connectivity index (χ1v) is 13.7. The van der Waals surface area contributed by atoms with Crippen LogP contribution in [0.25, 0.3) is 22.2 Å². The van der Waals surface area contributed by atoms with E-state index in [9.17, 15) is 9.59 Å². The number of fused-ring (bicyclic) bond motifs is 1. The van der Waals surface area contributed by atoms with Crippen LogP contribution >= 0.6 is 0 Å². The molecule has 0 spiro atoms. The quantitative estimate of drug-likeness (QED) is 0.187. The topological polar surface area (TPSA) is 96.0 Å². The lowest BCUT2D eigenvalue weighted by atomic mass is 10.0. The third-order valence-corrected chi connectivity index (χ3v) is 7.11. The monoisotopic (exact) mass is 576 g/mol. The van der Waals surface area contributed by atoms with Gasteiger partial charge in [-0.15, -0.1) is 0 Å². The van der Waals surface area contributed by atoms with Crippen LogP contribution in [0.15, 0.2) is 91.0 Å². The number of pyridine rings is 1. The fourth-order valence-electron chi connectivity index (χ4n) is 4.86. The van der Waals surface area contributed by atoms with Crippen LogP contribution in [0.1, 0.15) is 33.2 Å². The number of nitrogens with one attached hydrogen (secondary N) is 1. The SMILES string of the molecule is COc1cc(-c2cc(C(=O)OC(C(=O)Nc3cc(C)ccc3C)c3ccccc3)c3ccccc3n2)cc(OC)c1OC.